The monoisotopic (exact) mass is 316 g/mol. The first kappa shape index (κ1) is 15.0. The van der Waals surface area contributed by atoms with Crippen LogP contribution in [-0.2, 0) is 16.0 Å². The van der Waals surface area contributed by atoms with Gasteiger partial charge in [-0.25, -0.2) is 0 Å². The van der Waals surface area contributed by atoms with Gasteiger partial charge in [0.25, 0.3) is 0 Å². The lowest BCUT2D eigenvalue weighted by Crippen LogP contribution is -2.47. The number of hydrogen-bond acceptors (Lipinski definition) is 4. The fraction of sp³-hybridized carbons (Fsp3) is 0.611. The number of phenols is 1. The lowest BCUT2D eigenvalue weighted by atomic mass is 10.1. The van der Waals surface area contributed by atoms with Crippen molar-refractivity contribution in [3.8, 4) is 5.75 Å². The van der Waals surface area contributed by atoms with E-state index in [-0.39, 0.29) is 17.7 Å². The number of fused-ring (bicyclic) bond motifs is 1. The van der Waals surface area contributed by atoms with Crippen LogP contribution in [0.5, 0.6) is 5.75 Å². The highest BCUT2D eigenvalue weighted by Crippen LogP contribution is 2.37. The number of ether oxygens (including phenoxy) is 1. The third kappa shape index (κ3) is 3.51. The lowest BCUT2D eigenvalue weighted by molar-refractivity contribution is -0.121. The van der Waals surface area contributed by atoms with Gasteiger partial charge in [0.05, 0.1) is 19.1 Å². The molecule has 5 nitrogen and oxygen atoms in total. The summed E-state index contributed by atoms with van der Waals surface area (Å²) < 4.78 is 6.00. The van der Waals surface area contributed by atoms with Gasteiger partial charge in [-0.1, -0.05) is 12.1 Å². The largest absolute Gasteiger partial charge is 0.508 e. The SMILES string of the molecule is O=C(Cc1ccc(O)cc1)N[C@H]1C[C@H]2CO[C@@H](C3CC3)CN2C1. The number of aromatic hydroxyl groups is 1. The maximum atomic E-state index is 12.2. The van der Waals surface area contributed by atoms with Crippen LogP contribution in [0.4, 0.5) is 0 Å². The second-order valence-corrected chi connectivity index (χ2v) is 7.16. The van der Waals surface area contributed by atoms with Crippen LogP contribution in [0.15, 0.2) is 24.3 Å². The van der Waals surface area contributed by atoms with Crippen LogP contribution in [0.3, 0.4) is 0 Å². The molecule has 1 aromatic rings. The Morgan fingerprint density at radius 3 is 2.78 bits per heavy atom. The van der Waals surface area contributed by atoms with Crippen molar-refractivity contribution in [2.24, 2.45) is 5.92 Å². The fourth-order valence-electron chi connectivity index (χ4n) is 3.84. The summed E-state index contributed by atoms with van der Waals surface area (Å²) in [6, 6.07) is 7.51. The summed E-state index contributed by atoms with van der Waals surface area (Å²) in [7, 11) is 0. The van der Waals surface area contributed by atoms with Crippen molar-refractivity contribution in [3.05, 3.63) is 29.8 Å². The Hall–Kier alpha value is -1.59. The van der Waals surface area contributed by atoms with E-state index in [1.165, 1.54) is 12.8 Å². The maximum absolute atomic E-state index is 12.2. The van der Waals surface area contributed by atoms with Crippen LogP contribution < -0.4 is 5.32 Å². The molecule has 124 valence electrons. The van der Waals surface area contributed by atoms with E-state index in [2.05, 4.69) is 10.2 Å². The summed E-state index contributed by atoms with van der Waals surface area (Å²) in [5.74, 6) is 1.06. The van der Waals surface area contributed by atoms with Crippen LogP contribution >= 0.6 is 0 Å². The Morgan fingerprint density at radius 1 is 1.26 bits per heavy atom. The van der Waals surface area contributed by atoms with E-state index >= 15 is 0 Å². The van der Waals surface area contributed by atoms with Crippen molar-refractivity contribution in [3.63, 3.8) is 0 Å². The molecular formula is C18H24N2O3. The Labute approximate surface area is 136 Å². The van der Waals surface area contributed by atoms with E-state index in [9.17, 15) is 9.90 Å². The summed E-state index contributed by atoms with van der Waals surface area (Å²) in [5.41, 5.74) is 0.924. The smallest absolute Gasteiger partial charge is 0.224 e. The van der Waals surface area contributed by atoms with Gasteiger partial charge in [0.2, 0.25) is 5.91 Å². The molecule has 5 heteroatoms. The van der Waals surface area contributed by atoms with E-state index < -0.39 is 0 Å². The predicted molar refractivity (Wildman–Crippen MR) is 86.2 cm³/mol. The predicted octanol–water partition coefficient (Wildman–Crippen LogP) is 1.30. The van der Waals surface area contributed by atoms with Gasteiger partial charge in [-0.15, -0.1) is 0 Å². The molecule has 2 aliphatic heterocycles. The maximum Gasteiger partial charge on any atom is 0.224 e. The zero-order valence-electron chi connectivity index (χ0n) is 13.3. The molecular weight excluding hydrogens is 292 g/mol. The Bertz CT molecular complexity index is 570. The quantitative estimate of drug-likeness (QED) is 0.879. The highest BCUT2D eigenvalue weighted by atomic mass is 16.5. The standard InChI is InChI=1S/C18H24N2O3/c21-16-5-1-12(2-6-16)7-18(22)19-14-8-15-11-23-17(13-3-4-13)10-20(15)9-14/h1-2,5-6,13-15,17,21H,3-4,7-11H2,(H,19,22)/t14-,15-,17+/m0/s1. The number of carbonyl (C=O) groups excluding carboxylic acids is 1. The number of phenolic OH excluding ortho intramolecular Hbond substituents is 1. The Balaban J connectivity index is 1.28. The number of nitrogens with one attached hydrogen (secondary N) is 1. The minimum Gasteiger partial charge on any atom is -0.508 e. The van der Waals surface area contributed by atoms with Gasteiger partial charge in [-0.2, -0.15) is 0 Å². The molecule has 0 spiro atoms. The molecule has 0 aromatic heterocycles. The van der Waals surface area contributed by atoms with Crippen molar-refractivity contribution in [2.45, 2.75) is 43.9 Å². The molecule has 23 heavy (non-hydrogen) atoms. The molecule has 2 heterocycles. The van der Waals surface area contributed by atoms with Crippen molar-refractivity contribution in [2.75, 3.05) is 19.7 Å². The molecule has 3 atom stereocenters. The number of amides is 1. The summed E-state index contributed by atoms with van der Waals surface area (Å²) in [6.45, 7) is 2.78. The van der Waals surface area contributed by atoms with E-state index in [1.807, 2.05) is 0 Å². The van der Waals surface area contributed by atoms with Crippen molar-refractivity contribution < 1.29 is 14.6 Å². The lowest BCUT2D eigenvalue weighted by Gasteiger charge is -2.35. The second kappa shape index (κ2) is 6.13. The zero-order chi connectivity index (χ0) is 15.8. The minimum atomic E-state index is 0.0557. The van der Waals surface area contributed by atoms with Crippen molar-refractivity contribution in [1.29, 1.82) is 0 Å². The molecule has 4 rings (SSSR count). The molecule has 3 aliphatic rings. The first-order valence-corrected chi connectivity index (χ1v) is 8.60. The Morgan fingerprint density at radius 2 is 2.04 bits per heavy atom. The first-order chi connectivity index (χ1) is 11.2. The number of benzene rings is 1. The molecule has 0 unspecified atom stereocenters. The average Bonchev–Trinajstić information content (AvgIpc) is 3.30. The van der Waals surface area contributed by atoms with Crippen molar-refractivity contribution in [1.82, 2.24) is 10.2 Å². The van der Waals surface area contributed by atoms with Gasteiger partial charge < -0.3 is 15.2 Å². The van der Waals surface area contributed by atoms with Gasteiger partial charge in [-0.05, 0) is 42.9 Å². The normalized spacial score (nSPS) is 30.9. The van der Waals surface area contributed by atoms with Crippen LogP contribution in [0.2, 0.25) is 0 Å². The number of morpholine rings is 1. The van der Waals surface area contributed by atoms with Gasteiger partial charge in [-0.3, -0.25) is 9.69 Å². The fourth-order valence-corrected chi connectivity index (χ4v) is 3.84. The van der Waals surface area contributed by atoms with E-state index in [1.54, 1.807) is 24.3 Å². The highest BCUT2D eigenvalue weighted by Gasteiger charge is 2.42. The van der Waals surface area contributed by atoms with E-state index in [0.29, 0.717) is 18.6 Å². The molecule has 1 amide bonds. The van der Waals surface area contributed by atoms with E-state index in [0.717, 1.165) is 37.6 Å². The van der Waals surface area contributed by atoms with Crippen LogP contribution in [0, 0.1) is 5.92 Å². The van der Waals surface area contributed by atoms with Crippen LogP contribution in [0.25, 0.3) is 0 Å². The van der Waals surface area contributed by atoms with Crippen molar-refractivity contribution >= 4 is 5.91 Å². The van der Waals surface area contributed by atoms with Gasteiger partial charge in [0.1, 0.15) is 5.75 Å². The topological polar surface area (TPSA) is 61.8 Å². The number of nitrogens with zero attached hydrogens (tertiary/aromatic N) is 1. The van der Waals surface area contributed by atoms with E-state index in [4.69, 9.17) is 4.74 Å². The minimum absolute atomic E-state index is 0.0557. The second-order valence-electron chi connectivity index (χ2n) is 7.16. The van der Waals surface area contributed by atoms with Gasteiger partial charge in [0.15, 0.2) is 0 Å². The number of carbonyl (C=O) groups is 1. The van der Waals surface area contributed by atoms with Crippen LogP contribution in [0.1, 0.15) is 24.8 Å². The summed E-state index contributed by atoms with van der Waals surface area (Å²) in [6.07, 6.45) is 4.39. The molecule has 1 saturated carbocycles. The van der Waals surface area contributed by atoms with Gasteiger partial charge in [0, 0.05) is 25.2 Å². The summed E-state index contributed by atoms with van der Waals surface area (Å²) in [4.78, 5) is 14.7. The molecule has 3 fully saturated rings. The molecule has 0 radical (unpaired) electrons. The number of hydrogen-bond donors (Lipinski definition) is 2. The molecule has 1 aliphatic carbocycles. The summed E-state index contributed by atoms with van der Waals surface area (Å²) >= 11 is 0. The third-order valence-electron chi connectivity index (χ3n) is 5.26. The molecule has 2 N–H and O–H groups in total. The van der Waals surface area contributed by atoms with Crippen LogP contribution in [-0.4, -0.2) is 53.8 Å². The molecule has 0 bridgehead atoms. The zero-order valence-corrected chi connectivity index (χ0v) is 13.3. The Kier molecular flexibility index (Phi) is 3.99. The average molecular weight is 316 g/mol. The highest BCUT2D eigenvalue weighted by molar-refractivity contribution is 5.79. The number of rotatable bonds is 4. The first-order valence-electron chi connectivity index (χ1n) is 8.60. The third-order valence-corrected chi connectivity index (χ3v) is 5.26. The van der Waals surface area contributed by atoms with Gasteiger partial charge >= 0.3 is 0 Å². The molecule has 2 saturated heterocycles. The molecule has 1 aromatic carbocycles. The summed E-state index contributed by atoms with van der Waals surface area (Å²) in [5, 5.41) is 12.4.